The van der Waals surface area contributed by atoms with E-state index in [1.165, 1.54) is 6.07 Å². The number of methoxy groups -OCH3 is 1. The second kappa shape index (κ2) is 7.73. The van der Waals surface area contributed by atoms with Crippen molar-refractivity contribution < 1.29 is 9.66 Å². The summed E-state index contributed by atoms with van der Waals surface area (Å²) in [5.74, 6) is 0. The summed E-state index contributed by atoms with van der Waals surface area (Å²) in [6.45, 7) is 3.41. The normalized spacial score (nSPS) is 18.6. The van der Waals surface area contributed by atoms with E-state index in [4.69, 9.17) is 10.00 Å². The maximum Gasteiger partial charge on any atom is 0.293 e. The first-order valence-corrected chi connectivity index (χ1v) is 7.30. The maximum absolute atomic E-state index is 11.2. The third-order valence-electron chi connectivity index (χ3n) is 3.80. The molecule has 7 heteroatoms. The highest BCUT2D eigenvalue weighted by Gasteiger charge is 2.22. The molecule has 0 saturated carbocycles. The lowest BCUT2D eigenvalue weighted by atomic mass is 10.0. The van der Waals surface area contributed by atoms with Crippen LogP contribution < -0.4 is 5.32 Å². The molecular weight excluding hydrogens is 284 g/mol. The molecule has 0 bridgehead atoms. The highest BCUT2D eigenvalue weighted by molar-refractivity contribution is 5.64. The maximum atomic E-state index is 11.2. The number of ether oxygens (including phenoxy) is 1. The third-order valence-corrected chi connectivity index (χ3v) is 3.80. The van der Waals surface area contributed by atoms with Crippen LogP contribution >= 0.6 is 0 Å². The van der Waals surface area contributed by atoms with Gasteiger partial charge < -0.3 is 10.1 Å². The van der Waals surface area contributed by atoms with Crippen LogP contribution in [0.1, 0.15) is 18.4 Å². The van der Waals surface area contributed by atoms with Crippen LogP contribution in [0.15, 0.2) is 18.2 Å². The number of nitriles is 1. The number of hydrogen-bond acceptors (Lipinski definition) is 6. The Balaban J connectivity index is 2.06. The van der Waals surface area contributed by atoms with Gasteiger partial charge >= 0.3 is 0 Å². The fourth-order valence-electron chi connectivity index (χ4n) is 2.69. The Morgan fingerprint density at radius 1 is 1.59 bits per heavy atom. The summed E-state index contributed by atoms with van der Waals surface area (Å²) in [6.07, 6.45) is 2.02. The molecule has 1 N–H and O–H groups in total. The number of likely N-dealkylation sites (tertiary alicyclic amines) is 1. The van der Waals surface area contributed by atoms with Gasteiger partial charge in [-0.25, -0.2) is 0 Å². The molecule has 7 nitrogen and oxygen atoms in total. The van der Waals surface area contributed by atoms with E-state index >= 15 is 0 Å². The molecule has 1 atom stereocenters. The van der Waals surface area contributed by atoms with Crippen molar-refractivity contribution in [2.45, 2.75) is 18.9 Å². The lowest BCUT2D eigenvalue weighted by Gasteiger charge is -2.33. The van der Waals surface area contributed by atoms with Gasteiger partial charge in [0, 0.05) is 32.3 Å². The van der Waals surface area contributed by atoms with Crippen molar-refractivity contribution in [1.29, 1.82) is 5.26 Å². The van der Waals surface area contributed by atoms with Gasteiger partial charge in [0.1, 0.15) is 5.69 Å². The second-order valence-electron chi connectivity index (χ2n) is 5.38. The van der Waals surface area contributed by atoms with Gasteiger partial charge in [-0.2, -0.15) is 5.26 Å². The molecule has 0 radical (unpaired) electrons. The fraction of sp³-hybridized carbons (Fsp3) is 0.533. The van der Waals surface area contributed by atoms with Crippen molar-refractivity contribution in [3.63, 3.8) is 0 Å². The summed E-state index contributed by atoms with van der Waals surface area (Å²) in [7, 11) is 1.68. The minimum atomic E-state index is -0.450. The molecule has 0 spiro atoms. The van der Waals surface area contributed by atoms with Gasteiger partial charge in [0.2, 0.25) is 0 Å². The highest BCUT2D eigenvalue weighted by Crippen LogP contribution is 2.27. The predicted octanol–water partition coefficient (Wildman–Crippen LogP) is 1.99. The summed E-state index contributed by atoms with van der Waals surface area (Å²) in [5.41, 5.74) is 0.721. The molecule has 1 aliphatic rings. The molecule has 1 aromatic carbocycles. The average Bonchev–Trinajstić information content (AvgIpc) is 2.53. The quantitative estimate of drug-likeness (QED) is 0.638. The van der Waals surface area contributed by atoms with E-state index in [2.05, 4.69) is 10.2 Å². The monoisotopic (exact) mass is 304 g/mol. The number of nitrogens with one attached hydrogen (secondary N) is 1. The number of nitro benzene ring substituents is 1. The first-order chi connectivity index (χ1) is 10.6. The average molecular weight is 304 g/mol. The number of hydrogen-bond donors (Lipinski definition) is 1. The Labute approximate surface area is 129 Å². The number of nitrogens with zero attached hydrogens (tertiary/aromatic N) is 3. The van der Waals surface area contributed by atoms with Crippen molar-refractivity contribution in [3.05, 3.63) is 33.9 Å². The molecule has 1 aliphatic heterocycles. The van der Waals surface area contributed by atoms with E-state index in [1.54, 1.807) is 19.2 Å². The zero-order chi connectivity index (χ0) is 15.9. The van der Waals surface area contributed by atoms with Gasteiger partial charge in [-0.3, -0.25) is 15.0 Å². The summed E-state index contributed by atoms with van der Waals surface area (Å²) >= 11 is 0. The molecule has 118 valence electrons. The van der Waals surface area contributed by atoms with Crippen molar-refractivity contribution in [2.24, 2.45) is 0 Å². The molecule has 1 heterocycles. The minimum absolute atomic E-state index is 0.0481. The van der Waals surface area contributed by atoms with Crippen LogP contribution in [0.3, 0.4) is 0 Å². The Morgan fingerprint density at radius 2 is 2.41 bits per heavy atom. The van der Waals surface area contributed by atoms with E-state index in [0.29, 0.717) is 17.9 Å². The zero-order valence-electron chi connectivity index (χ0n) is 12.6. The van der Waals surface area contributed by atoms with E-state index in [1.807, 2.05) is 6.07 Å². The third kappa shape index (κ3) is 4.16. The van der Waals surface area contributed by atoms with Crippen LogP contribution in [0.4, 0.5) is 11.4 Å². The van der Waals surface area contributed by atoms with Crippen LogP contribution in [-0.4, -0.2) is 49.2 Å². The summed E-state index contributed by atoms with van der Waals surface area (Å²) in [4.78, 5) is 13.0. The smallest absolute Gasteiger partial charge is 0.293 e. The van der Waals surface area contributed by atoms with Crippen molar-refractivity contribution >= 4 is 11.4 Å². The first-order valence-electron chi connectivity index (χ1n) is 7.30. The van der Waals surface area contributed by atoms with E-state index in [-0.39, 0.29) is 11.7 Å². The van der Waals surface area contributed by atoms with Crippen LogP contribution in [0.25, 0.3) is 0 Å². The molecule has 0 aromatic heterocycles. The van der Waals surface area contributed by atoms with Crippen LogP contribution in [0, 0.1) is 21.4 Å². The topological polar surface area (TPSA) is 91.4 Å². The number of nitro groups is 1. The van der Waals surface area contributed by atoms with Crippen LogP contribution in [0.2, 0.25) is 0 Å². The highest BCUT2D eigenvalue weighted by atomic mass is 16.6. The SMILES string of the molecule is COCCN1CCC[C@@H](Nc2ccc(C#N)cc2[N+](=O)[O-])C1. The lowest BCUT2D eigenvalue weighted by molar-refractivity contribution is -0.384. The molecule has 0 aliphatic carbocycles. The van der Waals surface area contributed by atoms with Gasteiger partial charge in [-0.05, 0) is 31.5 Å². The van der Waals surface area contributed by atoms with Gasteiger partial charge in [0.25, 0.3) is 5.69 Å². The molecular formula is C15H20N4O3. The predicted molar refractivity (Wildman–Crippen MR) is 82.8 cm³/mol. The number of rotatable bonds is 6. The summed E-state index contributed by atoms with van der Waals surface area (Å²) in [6, 6.07) is 6.62. The van der Waals surface area contributed by atoms with Crippen LogP contribution in [0.5, 0.6) is 0 Å². The molecule has 22 heavy (non-hydrogen) atoms. The molecule has 2 rings (SSSR count). The van der Waals surface area contributed by atoms with Gasteiger partial charge in [0.05, 0.1) is 23.2 Å². The number of anilines is 1. The Bertz CT molecular complexity index is 570. The second-order valence-corrected chi connectivity index (χ2v) is 5.38. The zero-order valence-corrected chi connectivity index (χ0v) is 12.6. The van der Waals surface area contributed by atoms with E-state index in [9.17, 15) is 10.1 Å². The molecule has 1 aromatic rings. The van der Waals surface area contributed by atoms with Gasteiger partial charge in [0.15, 0.2) is 0 Å². The van der Waals surface area contributed by atoms with E-state index < -0.39 is 4.92 Å². The number of piperidine rings is 1. The fourth-order valence-corrected chi connectivity index (χ4v) is 2.69. The standard InChI is InChI=1S/C15H20N4O3/c1-22-8-7-18-6-2-3-13(11-18)17-14-5-4-12(10-16)9-15(14)19(20)21/h4-5,9,13,17H,2-3,6-8,11H2,1H3/t13-/m1/s1. The first kappa shape index (κ1) is 16.2. The largest absolute Gasteiger partial charge is 0.383 e. The van der Waals surface area contributed by atoms with Crippen molar-refractivity contribution in [3.8, 4) is 6.07 Å². The summed E-state index contributed by atoms with van der Waals surface area (Å²) < 4.78 is 5.09. The minimum Gasteiger partial charge on any atom is -0.383 e. The number of benzene rings is 1. The van der Waals surface area contributed by atoms with Gasteiger partial charge in [-0.1, -0.05) is 0 Å². The summed E-state index contributed by atoms with van der Waals surface area (Å²) in [5, 5.41) is 23.3. The molecule has 0 amide bonds. The molecule has 1 saturated heterocycles. The van der Waals surface area contributed by atoms with Crippen LogP contribution in [-0.2, 0) is 4.74 Å². The van der Waals surface area contributed by atoms with E-state index in [0.717, 1.165) is 32.5 Å². The molecule has 1 fully saturated rings. The van der Waals surface area contributed by atoms with Crippen molar-refractivity contribution in [1.82, 2.24) is 4.90 Å². The van der Waals surface area contributed by atoms with Gasteiger partial charge in [-0.15, -0.1) is 0 Å². The van der Waals surface area contributed by atoms with Crippen molar-refractivity contribution in [2.75, 3.05) is 38.7 Å². The Hall–Kier alpha value is -2.17. The lowest BCUT2D eigenvalue weighted by Crippen LogP contribution is -2.43. The Morgan fingerprint density at radius 3 is 3.09 bits per heavy atom. The molecule has 0 unspecified atom stereocenters. The Kier molecular flexibility index (Phi) is 5.69.